The first-order valence-corrected chi connectivity index (χ1v) is 8.04. The first-order chi connectivity index (χ1) is 10.9. The SMILES string of the molecule is CC1CN(C(=O)c2ccc(C(C)(C)C)cc2)c2ccccc2O1. The highest BCUT2D eigenvalue weighted by Crippen LogP contribution is 2.34. The average Bonchev–Trinajstić information content (AvgIpc) is 2.52. The maximum Gasteiger partial charge on any atom is 0.258 e. The first kappa shape index (κ1) is 15.6. The lowest BCUT2D eigenvalue weighted by molar-refractivity contribution is 0.0961. The average molecular weight is 309 g/mol. The summed E-state index contributed by atoms with van der Waals surface area (Å²) >= 11 is 0. The molecule has 0 saturated heterocycles. The second-order valence-corrected chi connectivity index (χ2v) is 7.14. The van der Waals surface area contributed by atoms with E-state index in [-0.39, 0.29) is 17.4 Å². The number of hydrogen-bond donors (Lipinski definition) is 0. The number of nitrogens with zero attached hydrogens (tertiary/aromatic N) is 1. The van der Waals surface area contributed by atoms with E-state index in [1.54, 1.807) is 0 Å². The van der Waals surface area contributed by atoms with Gasteiger partial charge in [0.2, 0.25) is 0 Å². The third kappa shape index (κ3) is 3.09. The maximum atomic E-state index is 12.9. The molecule has 1 unspecified atom stereocenters. The Kier molecular flexibility index (Phi) is 3.88. The Bertz CT molecular complexity index is 713. The molecule has 1 heterocycles. The van der Waals surface area contributed by atoms with Crippen molar-refractivity contribution in [1.29, 1.82) is 0 Å². The monoisotopic (exact) mass is 309 g/mol. The van der Waals surface area contributed by atoms with Gasteiger partial charge < -0.3 is 9.64 Å². The Labute approximate surface area is 137 Å². The fourth-order valence-electron chi connectivity index (χ4n) is 2.85. The summed E-state index contributed by atoms with van der Waals surface area (Å²) in [4.78, 5) is 14.8. The Morgan fingerprint density at radius 2 is 1.74 bits per heavy atom. The van der Waals surface area contributed by atoms with Gasteiger partial charge in [-0.15, -0.1) is 0 Å². The van der Waals surface area contributed by atoms with Crippen LogP contribution in [-0.4, -0.2) is 18.6 Å². The van der Waals surface area contributed by atoms with Crippen LogP contribution in [0.4, 0.5) is 5.69 Å². The summed E-state index contributed by atoms with van der Waals surface area (Å²) < 4.78 is 5.82. The summed E-state index contributed by atoms with van der Waals surface area (Å²) in [6, 6.07) is 15.6. The molecular formula is C20H23NO2. The first-order valence-electron chi connectivity index (χ1n) is 8.04. The van der Waals surface area contributed by atoms with Gasteiger partial charge in [-0.05, 0) is 42.2 Å². The lowest BCUT2D eigenvalue weighted by Crippen LogP contribution is -2.42. The number of fused-ring (bicyclic) bond motifs is 1. The molecule has 0 N–H and O–H groups in total. The van der Waals surface area contributed by atoms with Crippen LogP contribution < -0.4 is 9.64 Å². The van der Waals surface area contributed by atoms with Crippen LogP contribution in [0.25, 0.3) is 0 Å². The minimum Gasteiger partial charge on any atom is -0.487 e. The highest BCUT2D eigenvalue weighted by Gasteiger charge is 2.28. The molecule has 0 aliphatic carbocycles. The van der Waals surface area contributed by atoms with Crippen LogP contribution in [0.3, 0.4) is 0 Å². The largest absolute Gasteiger partial charge is 0.487 e. The molecule has 1 aliphatic rings. The fraction of sp³-hybridized carbons (Fsp3) is 0.350. The number of amides is 1. The van der Waals surface area contributed by atoms with Crippen LogP contribution in [0.2, 0.25) is 0 Å². The second kappa shape index (κ2) is 5.73. The molecule has 23 heavy (non-hydrogen) atoms. The van der Waals surface area contributed by atoms with Gasteiger partial charge in [0.05, 0.1) is 12.2 Å². The van der Waals surface area contributed by atoms with Crippen molar-refractivity contribution in [3.8, 4) is 5.75 Å². The van der Waals surface area contributed by atoms with Gasteiger partial charge in [-0.25, -0.2) is 0 Å². The third-order valence-electron chi connectivity index (χ3n) is 4.17. The highest BCUT2D eigenvalue weighted by molar-refractivity contribution is 6.07. The van der Waals surface area contributed by atoms with Gasteiger partial charge in [0, 0.05) is 5.56 Å². The Balaban J connectivity index is 1.92. The van der Waals surface area contributed by atoms with E-state index in [1.165, 1.54) is 5.56 Å². The van der Waals surface area contributed by atoms with Crippen molar-refractivity contribution >= 4 is 11.6 Å². The van der Waals surface area contributed by atoms with E-state index in [2.05, 4.69) is 20.8 Å². The molecule has 3 nitrogen and oxygen atoms in total. The Morgan fingerprint density at radius 1 is 1.09 bits per heavy atom. The van der Waals surface area contributed by atoms with Crippen LogP contribution in [0, 0.1) is 0 Å². The van der Waals surface area contributed by atoms with Crippen molar-refractivity contribution in [2.75, 3.05) is 11.4 Å². The lowest BCUT2D eigenvalue weighted by Gasteiger charge is -2.33. The van der Waals surface area contributed by atoms with Gasteiger partial charge in [-0.1, -0.05) is 45.0 Å². The summed E-state index contributed by atoms with van der Waals surface area (Å²) in [7, 11) is 0. The maximum absolute atomic E-state index is 12.9. The van der Waals surface area contributed by atoms with E-state index in [1.807, 2.05) is 60.4 Å². The van der Waals surface area contributed by atoms with Gasteiger partial charge in [0.25, 0.3) is 5.91 Å². The van der Waals surface area contributed by atoms with E-state index in [4.69, 9.17) is 4.74 Å². The normalized spacial score (nSPS) is 17.4. The molecule has 2 aromatic rings. The number of carbonyl (C=O) groups is 1. The van der Waals surface area contributed by atoms with E-state index >= 15 is 0 Å². The summed E-state index contributed by atoms with van der Waals surface area (Å²) in [6.07, 6.45) is -0.0114. The van der Waals surface area contributed by atoms with E-state index < -0.39 is 0 Å². The van der Waals surface area contributed by atoms with Crippen molar-refractivity contribution in [2.45, 2.75) is 39.2 Å². The number of rotatable bonds is 1. The van der Waals surface area contributed by atoms with Gasteiger partial charge in [-0.2, -0.15) is 0 Å². The van der Waals surface area contributed by atoms with Crippen molar-refractivity contribution in [1.82, 2.24) is 0 Å². The third-order valence-corrected chi connectivity index (χ3v) is 4.17. The molecule has 1 aliphatic heterocycles. The molecule has 0 radical (unpaired) electrons. The summed E-state index contributed by atoms with van der Waals surface area (Å²) in [5, 5.41) is 0. The zero-order valence-corrected chi connectivity index (χ0v) is 14.2. The molecule has 0 saturated carbocycles. The molecule has 0 fully saturated rings. The van der Waals surface area contributed by atoms with Crippen LogP contribution in [0.1, 0.15) is 43.6 Å². The molecule has 3 heteroatoms. The van der Waals surface area contributed by atoms with Crippen molar-refractivity contribution in [3.63, 3.8) is 0 Å². The quantitative estimate of drug-likeness (QED) is 0.781. The lowest BCUT2D eigenvalue weighted by atomic mass is 9.86. The fourth-order valence-corrected chi connectivity index (χ4v) is 2.85. The van der Waals surface area contributed by atoms with E-state index in [9.17, 15) is 4.79 Å². The van der Waals surface area contributed by atoms with E-state index in [0.29, 0.717) is 12.1 Å². The summed E-state index contributed by atoms with van der Waals surface area (Å²) in [6.45, 7) is 9.06. The summed E-state index contributed by atoms with van der Waals surface area (Å²) in [5.41, 5.74) is 2.86. The molecule has 1 atom stereocenters. The number of ether oxygens (including phenoxy) is 1. The van der Waals surface area contributed by atoms with Crippen LogP contribution in [0.5, 0.6) is 5.75 Å². The molecule has 0 bridgehead atoms. The van der Waals surface area contributed by atoms with Gasteiger partial charge in [0.1, 0.15) is 11.9 Å². The predicted molar refractivity (Wildman–Crippen MR) is 93.4 cm³/mol. The van der Waals surface area contributed by atoms with Crippen LogP contribution in [-0.2, 0) is 5.41 Å². The molecule has 1 amide bonds. The molecular weight excluding hydrogens is 286 g/mol. The van der Waals surface area contributed by atoms with Crippen LogP contribution >= 0.6 is 0 Å². The minimum atomic E-state index is -0.0114. The van der Waals surface area contributed by atoms with E-state index in [0.717, 1.165) is 11.4 Å². The topological polar surface area (TPSA) is 29.5 Å². The van der Waals surface area contributed by atoms with Crippen molar-refractivity contribution in [2.24, 2.45) is 0 Å². The molecule has 2 aromatic carbocycles. The van der Waals surface area contributed by atoms with Gasteiger partial charge in [-0.3, -0.25) is 4.79 Å². The smallest absolute Gasteiger partial charge is 0.258 e. The number of para-hydroxylation sites is 2. The molecule has 3 rings (SSSR count). The zero-order valence-electron chi connectivity index (χ0n) is 14.2. The van der Waals surface area contributed by atoms with Crippen molar-refractivity contribution in [3.05, 3.63) is 59.7 Å². The van der Waals surface area contributed by atoms with Crippen molar-refractivity contribution < 1.29 is 9.53 Å². The number of benzene rings is 2. The Hall–Kier alpha value is -2.29. The standard InChI is InChI=1S/C20H23NO2/c1-14-13-21(17-7-5-6-8-18(17)23-14)19(22)15-9-11-16(12-10-15)20(2,3)4/h5-12,14H,13H2,1-4H3. The highest BCUT2D eigenvalue weighted by atomic mass is 16.5. The molecule has 0 aromatic heterocycles. The van der Waals surface area contributed by atoms with Gasteiger partial charge in [0.15, 0.2) is 0 Å². The van der Waals surface area contributed by atoms with Gasteiger partial charge >= 0.3 is 0 Å². The van der Waals surface area contributed by atoms with Crippen LogP contribution in [0.15, 0.2) is 48.5 Å². The number of hydrogen-bond acceptors (Lipinski definition) is 2. The minimum absolute atomic E-state index is 0.0114. The zero-order chi connectivity index (χ0) is 16.6. The second-order valence-electron chi connectivity index (χ2n) is 7.14. The molecule has 120 valence electrons. The number of anilines is 1. The molecule has 0 spiro atoms. The Morgan fingerprint density at radius 3 is 2.39 bits per heavy atom. The predicted octanol–water partition coefficient (Wildman–Crippen LogP) is 4.41. The summed E-state index contributed by atoms with van der Waals surface area (Å²) in [5.74, 6) is 0.791. The number of carbonyl (C=O) groups excluding carboxylic acids is 1.